The van der Waals surface area contributed by atoms with E-state index in [2.05, 4.69) is 24.1 Å². The van der Waals surface area contributed by atoms with Crippen LogP contribution in [0.2, 0.25) is 0 Å². The first-order valence-electron chi connectivity index (χ1n) is 7.54. The smallest absolute Gasteiger partial charge is 0.254 e. The summed E-state index contributed by atoms with van der Waals surface area (Å²) in [5.41, 5.74) is 1.63. The van der Waals surface area contributed by atoms with E-state index in [0.29, 0.717) is 12.0 Å². The van der Waals surface area contributed by atoms with Gasteiger partial charge in [-0.3, -0.25) is 4.79 Å². The summed E-state index contributed by atoms with van der Waals surface area (Å²) in [5, 5.41) is 3.19. The Hall–Kier alpha value is -1.58. The molecular formula is C16H25N3O. The first-order chi connectivity index (χ1) is 9.51. The zero-order chi connectivity index (χ0) is 14.7. The molecule has 1 aliphatic rings. The predicted molar refractivity (Wildman–Crippen MR) is 82.0 cm³/mol. The SMILES string of the molecule is CCNc1cc(C(=O)N(CC(C)C)C2CC2)cc(C)n1. The summed E-state index contributed by atoms with van der Waals surface area (Å²) in [6.07, 6.45) is 2.28. The molecule has 0 aromatic carbocycles. The van der Waals surface area contributed by atoms with Gasteiger partial charge in [0.15, 0.2) is 0 Å². The Morgan fingerprint density at radius 3 is 2.70 bits per heavy atom. The number of aryl methyl sites for hydroxylation is 1. The molecule has 0 spiro atoms. The van der Waals surface area contributed by atoms with Crippen molar-refractivity contribution in [1.29, 1.82) is 0 Å². The highest BCUT2D eigenvalue weighted by atomic mass is 16.2. The van der Waals surface area contributed by atoms with E-state index in [-0.39, 0.29) is 5.91 Å². The number of hydrogen-bond donors (Lipinski definition) is 1. The number of pyridine rings is 1. The Morgan fingerprint density at radius 2 is 2.15 bits per heavy atom. The number of nitrogens with one attached hydrogen (secondary N) is 1. The van der Waals surface area contributed by atoms with Gasteiger partial charge in [-0.1, -0.05) is 13.8 Å². The van der Waals surface area contributed by atoms with E-state index in [1.165, 1.54) is 0 Å². The van der Waals surface area contributed by atoms with Crippen molar-refractivity contribution in [3.05, 3.63) is 23.4 Å². The lowest BCUT2D eigenvalue weighted by atomic mass is 10.1. The molecule has 1 amide bonds. The van der Waals surface area contributed by atoms with Gasteiger partial charge in [-0.05, 0) is 44.7 Å². The monoisotopic (exact) mass is 275 g/mol. The Bertz CT molecular complexity index is 481. The average molecular weight is 275 g/mol. The molecule has 0 aliphatic heterocycles. The largest absolute Gasteiger partial charge is 0.370 e. The molecule has 1 N–H and O–H groups in total. The van der Waals surface area contributed by atoms with Crippen molar-refractivity contribution in [3.63, 3.8) is 0 Å². The Kier molecular flexibility index (Phi) is 4.63. The van der Waals surface area contributed by atoms with Crippen molar-refractivity contribution < 1.29 is 4.79 Å². The van der Waals surface area contributed by atoms with Gasteiger partial charge in [0.05, 0.1) is 0 Å². The minimum absolute atomic E-state index is 0.144. The first kappa shape index (κ1) is 14.8. The number of hydrogen-bond acceptors (Lipinski definition) is 3. The maximum atomic E-state index is 12.7. The second-order valence-electron chi connectivity index (χ2n) is 6.00. The Labute approximate surface area is 121 Å². The molecule has 0 bridgehead atoms. The fourth-order valence-electron chi connectivity index (χ4n) is 2.41. The molecule has 4 heteroatoms. The lowest BCUT2D eigenvalue weighted by molar-refractivity contribution is 0.0722. The van der Waals surface area contributed by atoms with E-state index in [9.17, 15) is 4.79 Å². The molecule has 0 atom stereocenters. The number of carbonyl (C=O) groups excluding carboxylic acids is 1. The molecule has 20 heavy (non-hydrogen) atoms. The average Bonchev–Trinajstić information content (AvgIpc) is 3.19. The van der Waals surface area contributed by atoms with Gasteiger partial charge in [-0.25, -0.2) is 4.98 Å². The third-order valence-corrected chi connectivity index (χ3v) is 3.37. The molecule has 0 unspecified atom stereocenters. The highest BCUT2D eigenvalue weighted by molar-refractivity contribution is 5.95. The van der Waals surface area contributed by atoms with Gasteiger partial charge in [-0.15, -0.1) is 0 Å². The van der Waals surface area contributed by atoms with Crippen molar-refractivity contribution in [2.24, 2.45) is 5.92 Å². The standard InChI is InChI=1S/C16H25N3O/c1-5-17-15-9-13(8-12(4)18-15)16(20)19(10-11(2)3)14-6-7-14/h8-9,11,14H,5-7,10H2,1-4H3,(H,17,18). The number of nitrogens with zero attached hydrogens (tertiary/aromatic N) is 2. The summed E-state index contributed by atoms with van der Waals surface area (Å²) in [4.78, 5) is 19.2. The van der Waals surface area contributed by atoms with Crippen molar-refractivity contribution in [3.8, 4) is 0 Å². The maximum absolute atomic E-state index is 12.7. The van der Waals surface area contributed by atoms with E-state index in [1.54, 1.807) is 0 Å². The molecule has 1 aliphatic carbocycles. The van der Waals surface area contributed by atoms with Gasteiger partial charge in [0, 0.05) is 30.4 Å². The highest BCUT2D eigenvalue weighted by Crippen LogP contribution is 2.29. The van der Waals surface area contributed by atoms with Crippen LogP contribution in [0.4, 0.5) is 5.82 Å². The second kappa shape index (κ2) is 6.25. The molecule has 1 aromatic rings. The normalized spacial score (nSPS) is 14.4. The molecule has 1 heterocycles. The van der Waals surface area contributed by atoms with E-state index >= 15 is 0 Å². The van der Waals surface area contributed by atoms with Crippen LogP contribution in [-0.2, 0) is 0 Å². The van der Waals surface area contributed by atoms with Crippen LogP contribution >= 0.6 is 0 Å². The van der Waals surface area contributed by atoms with Crippen molar-refractivity contribution >= 4 is 11.7 Å². The molecule has 0 saturated heterocycles. The zero-order valence-electron chi connectivity index (χ0n) is 12.9. The zero-order valence-corrected chi connectivity index (χ0v) is 12.9. The molecule has 1 aromatic heterocycles. The number of amides is 1. The van der Waals surface area contributed by atoms with Crippen LogP contribution in [0.5, 0.6) is 0 Å². The molecule has 4 nitrogen and oxygen atoms in total. The highest BCUT2D eigenvalue weighted by Gasteiger charge is 2.33. The molecule has 110 valence electrons. The quantitative estimate of drug-likeness (QED) is 0.867. The van der Waals surface area contributed by atoms with E-state index in [4.69, 9.17) is 0 Å². The second-order valence-corrected chi connectivity index (χ2v) is 6.00. The fourth-order valence-corrected chi connectivity index (χ4v) is 2.41. The van der Waals surface area contributed by atoms with Crippen molar-refractivity contribution in [1.82, 2.24) is 9.88 Å². The third kappa shape index (κ3) is 3.71. The summed E-state index contributed by atoms with van der Waals surface area (Å²) < 4.78 is 0. The molecule has 2 rings (SSSR count). The van der Waals surface area contributed by atoms with Crippen LogP contribution < -0.4 is 5.32 Å². The minimum atomic E-state index is 0.144. The van der Waals surface area contributed by atoms with Crippen molar-refractivity contribution in [2.75, 3.05) is 18.4 Å². The Balaban J connectivity index is 2.21. The van der Waals surface area contributed by atoms with E-state index < -0.39 is 0 Å². The first-order valence-corrected chi connectivity index (χ1v) is 7.54. The van der Waals surface area contributed by atoms with Crippen LogP contribution in [0.3, 0.4) is 0 Å². The molecule has 1 fully saturated rings. The van der Waals surface area contributed by atoms with Crippen LogP contribution in [0, 0.1) is 12.8 Å². The number of carbonyl (C=O) groups is 1. The van der Waals surface area contributed by atoms with Gasteiger partial charge >= 0.3 is 0 Å². The Morgan fingerprint density at radius 1 is 1.45 bits per heavy atom. The summed E-state index contributed by atoms with van der Waals surface area (Å²) in [5.74, 6) is 1.43. The number of rotatable bonds is 6. The summed E-state index contributed by atoms with van der Waals surface area (Å²) >= 11 is 0. The number of aromatic nitrogens is 1. The van der Waals surface area contributed by atoms with Crippen LogP contribution in [0.15, 0.2) is 12.1 Å². The summed E-state index contributed by atoms with van der Waals surface area (Å²) in [6.45, 7) is 9.92. The topological polar surface area (TPSA) is 45.2 Å². The molecular weight excluding hydrogens is 250 g/mol. The minimum Gasteiger partial charge on any atom is -0.370 e. The van der Waals surface area contributed by atoms with Gasteiger partial charge in [0.1, 0.15) is 5.82 Å². The van der Waals surface area contributed by atoms with Crippen LogP contribution in [0.25, 0.3) is 0 Å². The lowest BCUT2D eigenvalue weighted by Gasteiger charge is -2.24. The lowest BCUT2D eigenvalue weighted by Crippen LogP contribution is -2.36. The van der Waals surface area contributed by atoms with Crippen LogP contribution in [0.1, 0.15) is 49.7 Å². The van der Waals surface area contributed by atoms with Gasteiger partial charge in [-0.2, -0.15) is 0 Å². The maximum Gasteiger partial charge on any atom is 0.254 e. The van der Waals surface area contributed by atoms with Crippen molar-refractivity contribution in [2.45, 2.75) is 46.6 Å². The summed E-state index contributed by atoms with van der Waals surface area (Å²) in [7, 11) is 0. The summed E-state index contributed by atoms with van der Waals surface area (Å²) in [6, 6.07) is 4.20. The van der Waals surface area contributed by atoms with Crippen LogP contribution in [-0.4, -0.2) is 34.9 Å². The fraction of sp³-hybridized carbons (Fsp3) is 0.625. The number of anilines is 1. The molecule has 1 saturated carbocycles. The third-order valence-electron chi connectivity index (χ3n) is 3.37. The van der Waals surface area contributed by atoms with Gasteiger partial charge in [0.2, 0.25) is 0 Å². The van der Waals surface area contributed by atoms with E-state index in [0.717, 1.165) is 43.0 Å². The predicted octanol–water partition coefficient (Wildman–Crippen LogP) is 3.08. The molecule has 0 radical (unpaired) electrons. The van der Waals surface area contributed by atoms with E-state index in [1.807, 2.05) is 30.9 Å². The van der Waals surface area contributed by atoms with Gasteiger partial charge < -0.3 is 10.2 Å². The van der Waals surface area contributed by atoms with Gasteiger partial charge in [0.25, 0.3) is 5.91 Å².